The minimum absolute atomic E-state index is 0.0119. The number of anilines is 1. The number of nitrogens with zero attached hydrogens (tertiary/aromatic N) is 2. The molecule has 1 aromatic heterocycles. The van der Waals surface area contributed by atoms with Crippen molar-refractivity contribution in [3.63, 3.8) is 0 Å². The Morgan fingerprint density at radius 3 is 2.57 bits per heavy atom. The number of hydrogen-bond acceptors (Lipinski definition) is 7. The Balaban J connectivity index is 1.65. The second-order valence-corrected chi connectivity index (χ2v) is 8.10. The number of nitrogen functional groups attached to an aromatic ring is 1. The van der Waals surface area contributed by atoms with Crippen molar-refractivity contribution in [2.24, 2.45) is 0 Å². The summed E-state index contributed by atoms with van der Waals surface area (Å²) in [5, 5.41) is 1.10. The van der Waals surface area contributed by atoms with Crippen LogP contribution in [-0.4, -0.2) is 30.4 Å². The van der Waals surface area contributed by atoms with E-state index >= 15 is 0 Å². The van der Waals surface area contributed by atoms with Gasteiger partial charge in [-0.2, -0.15) is 4.72 Å². The lowest BCUT2D eigenvalue weighted by molar-refractivity contribution is -0.146. The van der Waals surface area contributed by atoms with E-state index in [4.69, 9.17) is 22.1 Å². The van der Waals surface area contributed by atoms with Gasteiger partial charge in [0.1, 0.15) is 11.9 Å². The van der Waals surface area contributed by atoms with Crippen LogP contribution in [0.2, 0.25) is 5.02 Å². The van der Waals surface area contributed by atoms with E-state index < -0.39 is 22.0 Å². The highest BCUT2D eigenvalue weighted by Crippen LogP contribution is 2.17. The summed E-state index contributed by atoms with van der Waals surface area (Å²) in [6.07, 6.45) is 0. The van der Waals surface area contributed by atoms with Gasteiger partial charge in [0.2, 0.25) is 10.0 Å². The number of para-hydroxylation sites is 1. The summed E-state index contributed by atoms with van der Waals surface area (Å²) in [5.41, 5.74) is 6.51. The Morgan fingerprint density at radius 2 is 1.86 bits per heavy atom. The molecule has 8 nitrogen and oxygen atoms in total. The van der Waals surface area contributed by atoms with Crippen LogP contribution in [0.3, 0.4) is 0 Å². The lowest BCUT2D eigenvalue weighted by Crippen LogP contribution is -2.39. The van der Waals surface area contributed by atoms with Crippen LogP contribution in [-0.2, 0) is 26.2 Å². The molecule has 146 valence electrons. The van der Waals surface area contributed by atoms with Crippen molar-refractivity contribution in [2.45, 2.75) is 24.5 Å². The van der Waals surface area contributed by atoms with E-state index in [2.05, 4.69) is 14.7 Å². The molecule has 0 bridgehead atoms. The number of nitrogens with one attached hydrogen (secondary N) is 1. The molecule has 0 spiro atoms. The van der Waals surface area contributed by atoms with Gasteiger partial charge in [0.25, 0.3) is 0 Å². The van der Waals surface area contributed by atoms with Crippen LogP contribution < -0.4 is 10.5 Å². The lowest BCUT2D eigenvalue weighted by Gasteiger charge is -2.14. The van der Waals surface area contributed by atoms with Gasteiger partial charge in [0.15, 0.2) is 12.4 Å². The van der Waals surface area contributed by atoms with Gasteiger partial charge in [0, 0.05) is 10.4 Å². The van der Waals surface area contributed by atoms with E-state index in [-0.39, 0.29) is 23.1 Å². The van der Waals surface area contributed by atoms with Crippen LogP contribution in [0.4, 0.5) is 5.82 Å². The molecule has 0 aliphatic carbocycles. The molecule has 0 unspecified atom stereocenters. The monoisotopic (exact) mass is 420 g/mol. The Morgan fingerprint density at radius 1 is 1.18 bits per heavy atom. The average molecular weight is 421 g/mol. The smallest absolute Gasteiger partial charge is 0.324 e. The third-order valence-electron chi connectivity index (χ3n) is 3.83. The maximum atomic E-state index is 12.3. The fourth-order valence-corrected chi connectivity index (χ4v) is 3.76. The predicted octanol–water partition coefficient (Wildman–Crippen LogP) is 2.28. The van der Waals surface area contributed by atoms with Crippen LogP contribution >= 0.6 is 11.6 Å². The second kappa shape index (κ2) is 8.09. The van der Waals surface area contributed by atoms with Crippen molar-refractivity contribution < 1.29 is 17.9 Å². The number of rotatable bonds is 6. The van der Waals surface area contributed by atoms with Crippen LogP contribution in [0.15, 0.2) is 53.4 Å². The van der Waals surface area contributed by atoms with E-state index in [0.29, 0.717) is 15.9 Å². The van der Waals surface area contributed by atoms with Crippen LogP contribution in [0.1, 0.15) is 12.7 Å². The molecule has 3 aromatic rings. The number of fused-ring (bicyclic) bond motifs is 1. The third kappa shape index (κ3) is 4.56. The van der Waals surface area contributed by atoms with Gasteiger partial charge in [-0.25, -0.2) is 18.4 Å². The Kier molecular flexibility index (Phi) is 5.78. The number of nitrogens with two attached hydrogens (primary N) is 1. The molecule has 3 rings (SSSR count). The average Bonchev–Trinajstić information content (AvgIpc) is 2.66. The van der Waals surface area contributed by atoms with Gasteiger partial charge in [-0.1, -0.05) is 23.7 Å². The molecular formula is C18H17ClN4O4S. The molecule has 28 heavy (non-hydrogen) atoms. The Bertz CT molecular complexity index is 1120. The van der Waals surface area contributed by atoms with E-state index in [1.165, 1.54) is 31.2 Å². The molecule has 3 N–H and O–H groups in total. The van der Waals surface area contributed by atoms with E-state index in [0.717, 1.165) is 0 Å². The maximum Gasteiger partial charge on any atom is 0.324 e. The topological polar surface area (TPSA) is 124 Å². The number of sulfonamides is 1. The highest BCUT2D eigenvalue weighted by Gasteiger charge is 2.23. The Labute approximate surface area is 166 Å². The maximum absolute atomic E-state index is 12.3. The molecule has 0 amide bonds. The van der Waals surface area contributed by atoms with Gasteiger partial charge in [-0.3, -0.25) is 4.79 Å². The summed E-state index contributed by atoms with van der Waals surface area (Å²) in [4.78, 5) is 20.5. The largest absolute Gasteiger partial charge is 0.456 e. The molecule has 0 aliphatic rings. The van der Waals surface area contributed by atoms with Crippen LogP contribution in [0.5, 0.6) is 0 Å². The Hall–Kier alpha value is -2.75. The van der Waals surface area contributed by atoms with Crippen LogP contribution in [0, 0.1) is 0 Å². The van der Waals surface area contributed by atoms with Gasteiger partial charge in [-0.15, -0.1) is 0 Å². The van der Waals surface area contributed by atoms with Crippen molar-refractivity contribution in [1.29, 1.82) is 0 Å². The third-order valence-corrected chi connectivity index (χ3v) is 5.64. The first-order valence-electron chi connectivity index (χ1n) is 8.22. The summed E-state index contributed by atoms with van der Waals surface area (Å²) in [6.45, 7) is 1.15. The highest BCUT2D eigenvalue weighted by molar-refractivity contribution is 7.89. The molecule has 0 saturated heterocycles. The van der Waals surface area contributed by atoms with Crippen molar-refractivity contribution in [2.75, 3.05) is 5.73 Å². The van der Waals surface area contributed by atoms with Crippen LogP contribution in [0.25, 0.3) is 10.9 Å². The van der Waals surface area contributed by atoms with Gasteiger partial charge in [0.05, 0.1) is 10.4 Å². The van der Waals surface area contributed by atoms with E-state index in [9.17, 15) is 13.2 Å². The second-order valence-electron chi connectivity index (χ2n) is 5.95. The molecule has 0 saturated carbocycles. The van der Waals surface area contributed by atoms with E-state index in [1.54, 1.807) is 18.2 Å². The first-order valence-corrected chi connectivity index (χ1v) is 10.1. The number of benzene rings is 2. The molecule has 10 heteroatoms. The lowest BCUT2D eigenvalue weighted by atomic mass is 10.2. The summed E-state index contributed by atoms with van der Waals surface area (Å²) >= 11 is 5.75. The van der Waals surface area contributed by atoms with Gasteiger partial charge < -0.3 is 10.5 Å². The highest BCUT2D eigenvalue weighted by atomic mass is 35.5. The number of carbonyl (C=O) groups is 1. The van der Waals surface area contributed by atoms with Crippen molar-refractivity contribution in [3.8, 4) is 0 Å². The first-order chi connectivity index (χ1) is 13.3. The summed E-state index contributed by atoms with van der Waals surface area (Å²) < 4.78 is 32.0. The molecule has 2 aromatic carbocycles. The summed E-state index contributed by atoms with van der Waals surface area (Å²) in [7, 11) is -3.90. The van der Waals surface area contributed by atoms with E-state index in [1.807, 2.05) is 6.07 Å². The minimum Gasteiger partial charge on any atom is -0.456 e. The minimum atomic E-state index is -3.90. The number of ether oxygens (including phenoxy) is 1. The quantitative estimate of drug-likeness (QED) is 0.586. The van der Waals surface area contributed by atoms with Crippen molar-refractivity contribution in [1.82, 2.24) is 14.7 Å². The molecule has 0 radical (unpaired) electrons. The van der Waals surface area contributed by atoms with Gasteiger partial charge >= 0.3 is 5.97 Å². The molecule has 1 heterocycles. The number of aromatic nitrogens is 2. The SMILES string of the molecule is C[C@H](NS(=O)(=O)c1ccc(Cl)cc1)C(=O)OCc1nc(N)c2ccccc2n1. The predicted molar refractivity (Wildman–Crippen MR) is 105 cm³/mol. The fraction of sp³-hybridized carbons (Fsp3) is 0.167. The normalized spacial score (nSPS) is 12.6. The molecule has 1 atom stereocenters. The fourth-order valence-electron chi connectivity index (χ4n) is 2.44. The molecule has 0 aliphatic heterocycles. The molecular weight excluding hydrogens is 404 g/mol. The first kappa shape index (κ1) is 20.0. The zero-order valence-corrected chi connectivity index (χ0v) is 16.4. The number of esters is 1. The number of halogens is 1. The summed E-state index contributed by atoms with van der Waals surface area (Å²) in [5.74, 6) is -0.279. The summed E-state index contributed by atoms with van der Waals surface area (Å²) in [6, 6.07) is 11.6. The zero-order valence-electron chi connectivity index (χ0n) is 14.8. The molecule has 0 fully saturated rings. The number of carbonyl (C=O) groups excluding carboxylic acids is 1. The van der Waals surface area contributed by atoms with Gasteiger partial charge in [-0.05, 0) is 43.3 Å². The van der Waals surface area contributed by atoms with Crippen molar-refractivity contribution in [3.05, 3.63) is 59.4 Å². The standard InChI is InChI=1S/C18H17ClN4O4S/c1-11(23-28(25,26)13-8-6-12(19)7-9-13)18(24)27-10-16-21-15-5-3-2-4-14(15)17(20)22-16/h2-9,11,23H,10H2,1H3,(H2,20,21,22)/t11-/m0/s1. The zero-order chi connectivity index (χ0) is 20.3. The van der Waals surface area contributed by atoms with Crippen molar-refractivity contribution >= 4 is 44.3 Å². The number of hydrogen-bond donors (Lipinski definition) is 2.